The number of halogens is 1. The third kappa shape index (κ3) is 2.59. The Bertz CT molecular complexity index is 1110. The minimum Gasteiger partial charge on any atom is -0.336 e. The highest BCUT2D eigenvalue weighted by atomic mass is 19.1. The molecule has 4 nitrogen and oxygen atoms in total. The number of nitrogens with one attached hydrogen (secondary N) is 2. The van der Waals surface area contributed by atoms with Crippen LogP contribution in [0.5, 0.6) is 0 Å². The van der Waals surface area contributed by atoms with E-state index in [0.717, 1.165) is 27.4 Å². The largest absolute Gasteiger partial charge is 0.336 e. The lowest BCUT2D eigenvalue weighted by molar-refractivity contribution is 0.626. The van der Waals surface area contributed by atoms with Crippen molar-refractivity contribution in [1.29, 1.82) is 10.9 Å². The van der Waals surface area contributed by atoms with Crippen molar-refractivity contribution in [1.82, 2.24) is 4.57 Å². The molecule has 0 amide bonds. The van der Waals surface area contributed by atoms with Crippen molar-refractivity contribution in [3.63, 3.8) is 0 Å². The Balaban J connectivity index is 1.94. The lowest BCUT2D eigenvalue weighted by Crippen LogP contribution is -2.00. The van der Waals surface area contributed by atoms with Crippen molar-refractivity contribution < 1.29 is 4.39 Å². The van der Waals surface area contributed by atoms with Crippen molar-refractivity contribution in [2.45, 2.75) is 6.54 Å². The maximum Gasteiger partial charge on any atom is 0.173 e. The molecule has 1 heterocycles. The van der Waals surface area contributed by atoms with Gasteiger partial charge in [0, 0.05) is 33.9 Å². The van der Waals surface area contributed by atoms with Crippen molar-refractivity contribution in [2.24, 2.45) is 5.11 Å². The Morgan fingerprint density at radius 3 is 2.40 bits per heavy atom. The molecule has 4 rings (SSSR count). The highest BCUT2D eigenvalue weighted by Crippen LogP contribution is 2.30. The van der Waals surface area contributed by atoms with E-state index in [9.17, 15) is 4.39 Å². The quantitative estimate of drug-likeness (QED) is 0.289. The van der Waals surface area contributed by atoms with Gasteiger partial charge in [-0.05, 0) is 42.0 Å². The monoisotopic (exact) mass is 330 g/mol. The summed E-state index contributed by atoms with van der Waals surface area (Å²) in [6.07, 6.45) is 0. The summed E-state index contributed by atoms with van der Waals surface area (Å²) in [6, 6.07) is 20.3. The SMILES string of the molecule is N=NC(=N)c1ccc2c(c1)c1ccccc1n2Cc1ccc(F)cc1. The molecule has 122 valence electrons. The molecular formula is C20H15FN4. The average Bonchev–Trinajstić information content (AvgIpc) is 2.96. The summed E-state index contributed by atoms with van der Waals surface area (Å²) in [5.74, 6) is -0.300. The van der Waals surface area contributed by atoms with Gasteiger partial charge in [0.1, 0.15) is 5.82 Å². The second-order valence-electron chi connectivity index (χ2n) is 5.92. The minimum atomic E-state index is -0.242. The molecule has 0 aliphatic carbocycles. The molecule has 0 aliphatic heterocycles. The van der Waals surface area contributed by atoms with Gasteiger partial charge in [0.25, 0.3) is 0 Å². The van der Waals surface area contributed by atoms with E-state index in [4.69, 9.17) is 10.9 Å². The molecule has 0 fully saturated rings. The van der Waals surface area contributed by atoms with Crippen molar-refractivity contribution in [3.8, 4) is 0 Å². The van der Waals surface area contributed by atoms with E-state index in [0.29, 0.717) is 12.1 Å². The van der Waals surface area contributed by atoms with Gasteiger partial charge in [-0.1, -0.05) is 30.3 Å². The van der Waals surface area contributed by atoms with Gasteiger partial charge in [-0.3, -0.25) is 5.41 Å². The Labute approximate surface area is 143 Å². The van der Waals surface area contributed by atoms with Crippen LogP contribution in [0.25, 0.3) is 21.8 Å². The molecular weight excluding hydrogens is 315 g/mol. The number of hydrogen-bond acceptors (Lipinski definition) is 2. The van der Waals surface area contributed by atoms with Crippen LogP contribution in [0.1, 0.15) is 11.1 Å². The molecule has 3 aromatic carbocycles. The predicted octanol–water partition coefficient (Wildman–Crippen LogP) is 5.34. The Kier molecular flexibility index (Phi) is 3.61. The molecule has 4 aromatic rings. The summed E-state index contributed by atoms with van der Waals surface area (Å²) in [5, 5.41) is 13.1. The molecule has 5 heteroatoms. The zero-order valence-corrected chi connectivity index (χ0v) is 13.3. The Morgan fingerprint density at radius 2 is 1.64 bits per heavy atom. The number of rotatable bonds is 3. The minimum absolute atomic E-state index is 0.0581. The van der Waals surface area contributed by atoms with Crippen LogP contribution in [0.4, 0.5) is 4.39 Å². The summed E-state index contributed by atoms with van der Waals surface area (Å²) in [4.78, 5) is 0. The van der Waals surface area contributed by atoms with Crippen LogP contribution < -0.4 is 0 Å². The fourth-order valence-electron chi connectivity index (χ4n) is 3.21. The maximum atomic E-state index is 13.2. The summed E-state index contributed by atoms with van der Waals surface area (Å²) in [7, 11) is 0. The Morgan fingerprint density at radius 1 is 0.920 bits per heavy atom. The number of aromatic nitrogens is 1. The van der Waals surface area contributed by atoms with Gasteiger partial charge in [0.05, 0.1) is 0 Å². The summed E-state index contributed by atoms with van der Waals surface area (Å²) in [5.41, 5.74) is 10.8. The smallest absolute Gasteiger partial charge is 0.173 e. The van der Waals surface area contributed by atoms with Crippen LogP contribution in [0.2, 0.25) is 0 Å². The molecule has 0 aliphatic rings. The second-order valence-corrected chi connectivity index (χ2v) is 5.92. The van der Waals surface area contributed by atoms with Gasteiger partial charge < -0.3 is 4.57 Å². The van der Waals surface area contributed by atoms with Crippen LogP contribution in [0.3, 0.4) is 0 Å². The number of fused-ring (bicyclic) bond motifs is 3. The summed E-state index contributed by atoms with van der Waals surface area (Å²) in [6.45, 7) is 0.629. The normalized spacial score (nSPS) is 11.1. The first kappa shape index (κ1) is 15.2. The lowest BCUT2D eigenvalue weighted by Gasteiger charge is -2.08. The number of amidine groups is 1. The number of hydrogen-bond donors (Lipinski definition) is 2. The standard InChI is InChI=1S/C20H15FN4/c21-15-8-5-13(6-9-15)12-25-18-4-2-1-3-16(18)17-11-14(20(22)24-23)7-10-19(17)25/h1-11,22-23H,12H2. The molecule has 1 aromatic heterocycles. The van der Waals surface area contributed by atoms with Crippen LogP contribution in [0, 0.1) is 16.8 Å². The zero-order valence-electron chi connectivity index (χ0n) is 13.3. The van der Waals surface area contributed by atoms with Gasteiger partial charge in [-0.2, -0.15) is 0 Å². The second kappa shape index (κ2) is 5.94. The van der Waals surface area contributed by atoms with E-state index in [-0.39, 0.29) is 11.7 Å². The van der Waals surface area contributed by atoms with Gasteiger partial charge in [-0.25, -0.2) is 9.92 Å². The molecule has 0 saturated heterocycles. The number of benzene rings is 3. The van der Waals surface area contributed by atoms with E-state index >= 15 is 0 Å². The van der Waals surface area contributed by atoms with Crippen LogP contribution >= 0.6 is 0 Å². The summed E-state index contributed by atoms with van der Waals surface area (Å²) < 4.78 is 15.4. The van der Waals surface area contributed by atoms with Crippen LogP contribution in [-0.2, 0) is 6.54 Å². The maximum absolute atomic E-state index is 13.2. The van der Waals surface area contributed by atoms with Crippen molar-refractivity contribution >= 4 is 27.6 Å². The molecule has 0 unspecified atom stereocenters. The predicted molar refractivity (Wildman–Crippen MR) is 96.9 cm³/mol. The highest BCUT2D eigenvalue weighted by Gasteiger charge is 2.12. The van der Waals surface area contributed by atoms with E-state index in [2.05, 4.69) is 15.7 Å². The van der Waals surface area contributed by atoms with Crippen molar-refractivity contribution in [3.05, 3.63) is 83.7 Å². The van der Waals surface area contributed by atoms with Crippen molar-refractivity contribution in [2.75, 3.05) is 0 Å². The number of para-hydroxylation sites is 1. The topological polar surface area (TPSA) is 65.0 Å². The molecule has 2 N–H and O–H groups in total. The van der Waals surface area contributed by atoms with Crippen LogP contribution in [0.15, 0.2) is 71.8 Å². The van der Waals surface area contributed by atoms with E-state index < -0.39 is 0 Å². The van der Waals surface area contributed by atoms with E-state index in [1.54, 1.807) is 12.1 Å². The third-order valence-corrected chi connectivity index (χ3v) is 4.41. The molecule has 0 radical (unpaired) electrons. The molecule has 0 bridgehead atoms. The highest BCUT2D eigenvalue weighted by molar-refractivity contribution is 6.11. The van der Waals surface area contributed by atoms with E-state index in [1.165, 1.54) is 12.1 Å². The molecule has 0 spiro atoms. The zero-order chi connectivity index (χ0) is 17.4. The van der Waals surface area contributed by atoms with Gasteiger partial charge >= 0.3 is 0 Å². The fraction of sp³-hybridized carbons (Fsp3) is 0.0500. The third-order valence-electron chi connectivity index (χ3n) is 4.41. The van der Waals surface area contributed by atoms with Gasteiger partial charge in [0.2, 0.25) is 0 Å². The number of nitrogens with zero attached hydrogens (tertiary/aromatic N) is 2. The van der Waals surface area contributed by atoms with E-state index in [1.807, 2.05) is 36.4 Å². The van der Waals surface area contributed by atoms with Gasteiger partial charge in [-0.15, -0.1) is 5.11 Å². The fourth-order valence-corrected chi connectivity index (χ4v) is 3.21. The summed E-state index contributed by atoms with van der Waals surface area (Å²) >= 11 is 0. The molecule has 0 atom stereocenters. The molecule has 0 saturated carbocycles. The average molecular weight is 330 g/mol. The lowest BCUT2D eigenvalue weighted by atomic mass is 10.1. The first-order chi connectivity index (χ1) is 12.2. The van der Waals surface area contributed by atoms with Gasteiger partial charge in [0.15, 0.2) is 5.84 Å². The first-order valence-corrected chi connectivity index (χ1v) is 7.89. The molecule has 25 heavy (non-hydrogen) atoms. The Hall–Kier alpha value is -3.34. The first-order valence-electron chi connectivity index (χ1n) is 7.89. The van der Waals surface area contributed by atoms with Crippen LogP contribution in [-0.4, -0.2) is 10.4 Å².